The van der Waals surface area contributed by atoms with Gasteiger partial charge in [-0.2, -0.15) is 4.98 Å². The molecule has 10 heteroatoms. The predicted molar refractivity (Wildman–Crippen MR) is 131 cm³/mol. The standard InChI is InChI=1S/C22H39N3O5Si2/c1-11-22(27)16(14-28-32(9,10)21(4,5)6)29-19(18(22)30-31(7,8)15(2)3)25-13-12-17(23)24-20(25)26/h1,12-13,15-16,18-19,27H,14H2,2-10H3,(H2,23,24,26)/t16-,18+,19-,22-/m1/s1. The molecule has 0 unspecified atom stereocenters. The number of aliphatic hydroxyl groups is 1. The summed E-state index contributed by atoms with van der Waals surface area (Å²) in [6, 6.07) is 1.50. The molecule has 0 bridgehead atoms. The molecule has 180 valence electrons. The minimum atomic E-state index is -2.30. The molecule has 2 rings (SSSR count). The smallest absolute Gasteiger partial charge is 0.351 e. The second-order valence-electron chi connectivity index (χ2n) is 10.9. The number of ether oxygens (including phenoxy) is 1. The summed E-state index contributed by atoms with van der Waals surface area (Å²) in [5, 5.41) is 11.6. The first-order valence-electron chi connectivity index (χ1n) is 11.0. The highest BCUT2D eigenvalue weighted by Gasteiger charge is 2.59. The molecule has 0 aliphatic carbocycles. The van der Waals surface area contributed by atoms with E-state index < -0.39 is 46.4 Å². The van der Waals surface area contributed by atoms with Crippen LogP contribution in [0.3, 0.4) is 0 Å². The molecule has 0 radical (unpaired) electrons. The largest absolute Gasteiger partial charge is 0.414 e. The quantitative estimate of drug-likeness (QED) is 0.455. The van der Waals surface area contributed by atoms with Gasteiger partial charge in [0.25, 0.3) is 0 Å². The highest BCUT2D eigenvalue weighted by atomic mass is 28.4. The summed E-state index contributed by atoms with van der Waals surface area (Å²) in [5.41, 5.74) is 3.52. The molecular weight excluding hydrogens is 442 g/mol. The predicted octanol–water partition coefficient (Wildman–Crippen LogP) is 3.11. The van der Waals surface area contributed by atoms with Crippen molar-refractivity contribution in [2.45, 2.75) is 95.4 Å². The van der Waals surface area contributed by atoms with E-state index in [9.17, 15) is 9.90 Å². The average molecular weight is 482 g/mol. The molecule has 2 heterocycles. The van der Waals surface area contributed by atoms with Crippen molar-refractivity contribution in [3.63, 3.8) is 0 Å². The van der Waals surface area contributed by atoms with Crippen molar-refractivity contribution in [3.05, 3.63) is 22.7 Å². The number of aromatic nitrogens is 2. The minimum absolute atomic E-state index is 0.0282. The number of hydrogen-bond acceptors (Lipinski definition) is 7. The molecule has 0 saturated carbocycles. The third kappa shape index (κ3) is 5.19. The lowest BCUT2D eigenvalue weighted by Gasteiger charge is -2.39. The summed E-state index contributed by atoms with van der Waals surface area (Å²) in [5.74, 6) is 2.61. The van der Waals surface area contributed by atoms with E-state index in [1.54, 1.807) is 0 Å². The lowest BCUT2D eigenvalue weighted by Crippen LogP contribution is -2.55. The molecule has 1 aromatic rings. The first-order valence-corrected chi connectivity index (χ1v) is 16.9. The maximum atomic E-state index is 12.6. The fraction of sp³-hybridized carbons (Fsp3) is 0.727. The zero-order chi connectivity index (χ0) is 24.7. The van der Waals surface area contributed by atoms with E-state index in [1.165, 1.54) is 16.8 Å². The fourth-order valence-electron chi connectivity index (χ4n) is 3.03. The number of nitrogens with two attached hydrogens (primary N) is 1. The Morgan fingerprint density at radius 3 is 2.44 bits per heavy atom. The van der Waals surface area contributed by atoms with E-state index in [-0.39, 0.29) is 23.0 Å². The van der Waals surface area contributed by atoms with Crippen LogP contribution in [0, 0.1) is 12.3 Å². The molecule has 1 aliphatic rings. The van der Waals surface area contributed by atoms with Crippen molar-refractivity contribution in [2.75, 3.05) is 12.3 Å². The SMILES string of the molecule is C#C[C@@]1(O)[C@@H](CO[Si](C)(C)C(C)(C)C)O[C@@H](n2ccc(N)nc2=O)[C@@H]1O[Si](C)(C)C(C)C. The molecule has 0 spiro atoms. The van der Waals surface area contributed by atoms with Crippen molar-refractivity contribution in [1.29, 1.82) is 0 Å². The van der Waals surface area contributed by atoms with Crippen LogP contribution in [-0.4, -0.2) is 55.7 Å². The zero-order valence-corrected chi connectivity index (χ0v) is 22.8. The van der Waals surface area contributed by atoms with E-state index in [0.717, 1.165) is 0 Å². The molecule has 32 heavy (non-hydrogen) atoms. The van der Waals surface area contributed by atoms with Gasteiger partial charge in [0, 0.05) is 6.20 Å². The van der Waals surface area contributed by atoms with Crippen molar-refractivity contribution in [1.82, 2.24) is 9.55 Å². The van der Waals surface area contributed by atoms with Gasteiger partial charge in [-0.1, -0.05) is 40.5 Å². The van der Waals surface area contributed by atoms with Gasteiger partial charge < -0.3 is 24.4 Å². The Bertz CT molecular complexity index is 919. The second kappa shape index (κ2) is 9.04. The summed E-state index contributed by atoms with van der Waals surface area (Å²) in [7, 11) is -4.44. The first kappa shape index (κ1) is 26.8. The summed E-state index contributed by atoms with van der Waals surface area (Å²) in [4.78, 5) is 16.4. The van der Waals surface area contributed by atoms with Crippen molar-refractivity contribution in [2.24, 2.45) is 0 Å². The van der Waals surface area contributed by atoms with Crippen molar-refractivity contribution < 1.29 is 18.7 Å². The maximum Gasteiger partial charge on any atom is 0.351 e. The van der Waals surface area contributed by atoms with Crippen molar-refractivity contribution >= 4 is 22.5 Å². The third-order valence-corrected chi connectivity index (χ3v) is 15.2. The number of rotatable bonds is 7. The Hall–Kier alpha value is -1.49. The highest BCUT2D eigenvalue weighted by molar-refractivity contribution is 6.74. The highest BCUT2D eigenvalue weighted by Crippen LogP contribution is 2.43. The van der Waals surface area contributed by atoms with Crippen LogP contribution >= 0.6 is 0 Å². The molecule has 1 fully saturated rings. The Balaban J connectivity index is 2.50. The van der Waals surface area contributed by atoms with Gasteiger partial charge >= 0.3 is 5.69 Å². The van der Waals surface area contributed by atoms with Gasteiger partial charge in [-0.05, 0) is 42.8 Å². The van der Waals surface area contributed by atoms with E-state index in [2.05, 4.69) is 71.7 Å². The Kier molecular flexibility index (Phi) is 7.56. The van der Waals surface area contributed by atoms with Gasteiger partial charge in [-0.15, -0.1) is 6.42 Å². The van der Waals surface area contributed by atoms with Crippen LogP contribution in [0.4, 0.5) is 5.82 Å². The van der Waals surface area contributed by atoms with Crippen LogP contribution in [0.1, 0.15) is 40.8 Å². The molecule has 1 saturated heterocycles. The lowest BCUT2D eigenvalue weighted by atomic mass is 9.93. The molecule has 0 aromatic carbocycles. The monoisotopic (exact) mass is 481 g/mol. The van der Waals surface area contributed by atoms with Crippen LogP contribution in [0.2, 0.25) is 36.8 Å². The van der Waals surface area contributed by atoms with E-state index in [4.69, 9.17) is 25.7 Å². The average Bonchev–Trinajstić information content (AvgIpc) is 2.91. The molecular formula is C22H39N3O5Si2. The third-order valence-electron chi connectivity index (χ3n) is 7.07. The normalized spacial score (nSPS) is 27.0. The van der Waals surface area contributed by atoms with Crippen LogP contribution in [-0.2, 0) is 13.6 Å². The van der Waals surface area contributed by atoms with E-state index >= 15 is 0 Å². The van der Waals surface area contributed by atoms with Crippen LogP contribution < -0.4 is 11.4 Å². The maximum absolute atomic E-state index is 12.6. The molecule has 1 aliphatic heterocycles. The summed E-state index contributed by atoms with van der Waals surface area (Å²) in [6.07, 6.45) is 4.54. The van der Waals surface area contributed by atoms with E-state index in [0.29, 0.717) is 0 Å². The van der Waals surface area contributed by atoms with Gasteiger partial charge in [-0.25, -0.2) is 4.79 Å². The number of terminal acetylenes is 1. The van der Waals surface area contributed by atoms with Crippen LogP contribution in [0.5, 0.6) is 0 Å². The Morgan fingerprint density at radius 1 is 1.38 bits per heavy atom. The molecule has 1 aromatic heterocycles. The second-order valence-corrected chi connectivity index (χ2v) is 20.3. The topological polar surface area (TPSA) is 109 Å². The van der Waals surface area contributed by atoms with E-state index in [1.807, 2.05) is 0 Å². The number of hydrogen-bond donors (Lipinski definition) is 2. The summed E-state index contributed by atoms with van der Waals surface area (Å²) in [6.45, 7) is 19.0. The summed E-state index contributed by atoms with van der Waals surface area (Å²) < 4.78 is 20.3. The van der Waals surface area contributed by atoms with Gasteiger partial charge in [-0.3, -0.25) is 4.57 Å². The molecule has 3 N–H and O–H groups in total. The molecule has 4 atom stereocenters. The minimum Gasteiger partial charge on any atom is -0.414 e. The van der Waals surface area contributed by atoms with Crippen LogP contribution in [0.15, 0.2) is 17.1 Å². The van der Waals surface area contributed by atoms with Crippen molar-refractivity contribution in [3.8, 4) is 12.3 Å². The first-order chi connectivity index (χ1) is 14.5. The van der Waals surface area contributed by atoms with Gasteiger partial charge in [0.1, 0.15) is 18.0 Å². The molecule has 8 nitrogen and oxygen atoms in total. The summed E-state index contributed by atoms with van der Waals surface area (Å²) >= 11 is 0. The number of anilines is 1. The number of nitrogen functional groups attached to an aromatic ring is 1. The van der Waals surface area contributed by atoms with Gasteiger partial charge in [0.05, 0.1) is 6.61 Å². The Morgan fingerprint density at radius 2 is 1.97 bits per heavy atom. The Labute approximate surface area is 193 Å². The zero-order valence-electron chi connectivity index (χ0n) is 20.8. The molecule has 0 amide bonds. The van der Waals surface area contributed by atoms with Gasteiger partial charge in [0.15, 0.2) is 28.5 Å². The fourth-order valence-corrected chi connectivity index (χ4v) is 5.25. The van der Waals surface area contributed by atoms with Crippen LogP contribution in [0.25, 0.3) is 0 Å². The van der Waals surface area contributed by atoms with Gasteiger partial charge in [0.2, 0.25) is 0 Å². The lowest BCUT2D eigenvalue weighted by molar-refractivity contribution is -0.0597. The number of nitrogens with zero attached hydrogens (tertiary/aromatic N) is 2.